The Hall–Kier alpha value is 0.190. The van der Waals surface area contributed by atoms with Crippen LogP contribution in [0.15, 0.2) is 0 Å². The zero-order chi connectivity index (χ0) is 14.5. The van der Waals surface area contributed by atoms with Gasteiger partial charge >= 0.3 is 0 Å². The van der Waals surface area contributed by atoms with Crippen molar-refractivity contribution < 1.29 is 9.29 Å². The molecule has 0 radical (unpaired) electrons. The monoisotopic (exact) mass is 302 g/mol. The normalized spacial score (nSPS) is 23.6. The van der Waals surface area contributed by atoms with E-state index in [2.05, 4.69) is 17.6 Å². The fourth-order valence-corrected chi connectivity index (χ4v) is 2.76. The van der Waals surface area contributed by atoms with Gasteiger partial charge in [-0.1, -0.05) is 18.1 Å². The van der Waals surface area contributed by atoms with Crippen LogP contribution in [0.3, 0.4) is 0 Å². The third-order valence-corrected chi connectivity index (χ3v) is 5.29. The van der Waals surface area contributed by atoms with Gasteiger partial charge in [-0.15, -0.1) is 0 Å². The van der Waals surface area contributed by atoms with Gasteiger partial charge in [0, 0.05) is 31.6 Å². The van der Waals surface area contributed by atoms with Crippen LogP contribution in [0.5, 0.6) is 0 Å². The summed E-state index contributed by atoms with van der Waals surface area (Å²) in [7, 11) is 0. The smallest absolute Gasteiger partial charge is 0.117 e. The van der Waals surface area contributed by atoms with E-state index in [1.165, 1.54) is 25.7 Å². The van der Waals surface area contributed by atoms with Crippen LogP contribution in [0.2, 0.25) is 0 Å². The summed E-state index contributed by atoms with van der Waals surface area (Å²) in [5.74, 6) is 0.750. The molecule has 4 nitrogen and oxygen atoms in total. The second-order valence-corrected chi connectivity index (χ2v) is 8.55. The molecule has 118 valence electrons. The summed E-state index contributed by atoms with van der Waals surface area (Å²) in [5, 5.41) is 6.90. The molecule has 0 aliphatic heterocycles. The highest BCUT2D eigenvalue weighted by Gasteiger charge is 2.42. The molecule has 0 aromatic heterocycles. The molecule has 2 rings (SSSR count). The number of ether oxygens (including phenoxy) is 1. The first-order chi connectivity index (χ1) is 9.54. The third kappa shape index (κ3) is 6.31. The van der Waals surface area contributed by atoms with Crippen LogP contribution in [0.1, 0.15) is 32.6 Å². The molecule has 20 heavy (non-hydrogen) atoms. The lowest BCUT2D eigenvalue weighted by Crippen LogP contribution is -2.32. The quantitative estimate of drug-likeness (QED) is 0.419. The van der Waals surface area contributed by atoms with Crippen molar-refractivity contribution in [3.05, 3.63) is 0 Å². The maximum Gasteiger partial charge on any atom is 0.117 e. The summed E-state index contributed by atoms with van der Waals surface area (Å²) in [6, 6.07) is 0. The van der Waals surface area contributed by atoms with E-state index in [-0.39, 0.29) is 0 Å². The topological polar surface area (TPSA) is 56.3 Å². The van der Waals surface area contributed by atoms with Gasteiger partial charge in [0.05, 0.1) is 19.5 Å². The lowest BCUT2D eigenvalue weighted by Gasteiger charge is -2.17. The van der Waals surface area contributed by atoms with Crippen molar-refractivity contribution in [1.29, 1.82) is 0 Å². The summed E-state index contributed by atoms with van der Waals surface area (Å²) in [6.07, 6.45) is 7.03. The van der Waals surface area contributed by atoms with E-state index >= 15 is 0 Å². The number of hydrogen-bond donors (Lipinski definition) is 2. The average Bonchev–Trinajstić information content (AvgIpc) is 3.30. The Kier molecular flexibility index (Phi) is 6.17. The van der Waals surface area contributed by atoms with Crippen molar-refractivity contribution >= 4 is 11.2 Å². The zero-order valence-electron chi connectivity index (χ0n) is 13.0. The van der Waals surface area contributed by atoms with Crippen molar-refractivity contribution in [2.45, 2.75) is 32.6 Å². The fraction of sp³-hybridized carbons (Fsp3) is 1.00. The van der Waals surface area contributed by atoms with Crippen molar-refractivity contribution in [3.8, 4) is 0 Å². The van der Waals surface area contributed by atoms with E-state index in [9.17, 15) is 4.55 Å². The van der Waals surface area contributed by atoms with Crippen LogP contribution in [-0.2, 0) is 15.9 Å². The molecular weight excluding hydrogens is 272 g/mol. The molecule has 0 amide bonds. The van der Waals surface area contributed by atoms with E-state index in [4.69, 9.17) is 4.74 Å². The van der Waals surface area contributed by atoms with Crippen molar-refractivity contribution in [2.24, 2.45) is 10.8 Å². The SMILES string of the molecule is C[S+]([O-])CCNCC1(COCCNCC2(C)CC2)CC1. The summed E-state index contributed by atoms with van der Waals surface area (Å²) < 4.78 is 16.8. The van der Waals surface area contributed by atoms with Crippen LogP contribution in [-0.4, -0.2) is 56.0 Å². The molecule has 2 aliphatic rings. The van der Waals surface area contributed by atoms with E-state index < -0.39 is 11.2 Å². The highest BCUT2D eigenvalue weighted by Crippen LogP contribution is 2.45. The summed E-state index contributed by atoms with van der Waals surface area (Å²) in [6.45, 7) is 7.99. The Balaban J connectivity index is 1.42. The van der Waals surface area contributed by atoms with Gasteiger partial charge < -0.3 is 19.9 Å². The molecule has 0 bridgehead atoms. The Morgan fingerprint density at radius 3 is 2.40 bits per heavy atom. The third-order valence-electron chi connectivity index (χ3n) is 4.51. The average molecular weight is 302 g/mol. The fourth-order valence-electron chi connectivity index (χ4n) is 2.33. The molecule has 0 spiro atoms. The highest BCUT2D eigenvalue weighted by atomic mass is 32.2. The van der Waals surface area contributed by atoms with Gasteiger partial charge in [-0.3, -0.25) is 0 Å². The molecule has 2 fully saturated rings. The summed E-state index contributed by atoms with van der Waals surface area (Å²) >= 11 is -0.687. The van der Waals surface area contributed by atoms with Gasteiger partial charge in [-0.05, 0) is 31.1 Å². The van der Waals surface area contributed by atoms with E-state index in [1.54, 1.807) is 6.26 Å². The molecule has 0 heterocycles. The molecule has 2 N–H and O–H groups in total. The maximum atomic E-state index is 11.0. The van der Waals surface area contributed by atoms with Gasteiger partial charge in [-0.25, -0.2) is 0 Å². The number of rotatable bonds is 12. The second-order valence-electron chi connectivity index (χ2n) is 6.99. The molecular formula is C15H30N2O2S. The van der Waals surface area contributed by atoms with Crippen LogP contribution in [0.4, 0.5) is 0 Å². The van der Waals surface area contributed by atoms with E-state index in [1.807, 2.05) is 0 Å². The van der Waals surface area contributed by atoms with Gasteiger partial charge in [0.25, 0.3) is 0 Å². The van der Waals surface area contributed by atoms with Crippen molar-refractivity contribution in [3.63, 3.8) is 0 Å². The molecule has 2 aliphatic carbocycles. The van der Waals surface area contributed by atoms with E-state index in [0.29, 0.717) is 10.8 Å². The Labute approximate surface area is 126 Å². The summed E-state index contributed by atoms with van der Waals surface area (Å²) in [5.41, 5.74) is 0.957. The molecule has 0 aromatic carbocycles. The van der Waals surface area contributed by atoms with E-state index in [0.717, 1.165) is 45.1 Å². The first-order valence-electron chi connectivity index (χ1n) is 7.83. The number of nitrogens with one attached hydrogen (secondary N) is 2. The minimum absolute atomic E-state index is 0.373. The van der Waals surface area contributed by atoms with Crippen LogP contribution in [0.25, 0.3) is 0 Å². The standard InChI is InChI=1S/C15H30N2O2S/c1-14(3-4-14)11-16-7-9-19-13-15(5-6-15)12-17-8-10-20(2)18/h16-17H,3-13H2,1-2H3. The largest absolute Gasteiger partial charge is 0.617 e. The van der Waals surface area contributed by atoms with Crippen molar-refractivity contribution in [2.75, 3.05) is 51.4 Å². The Bertz CT molecular complexity index is 292. The first-order valence-corrected chi connectivity index (χ1v) is 9.56. The molecule has 0 aromatic rings. The van der Waals surface area contributed by atoms with Gasteiger partial charge in [0.1, 0.15) is 5.75 Å². The van der Waals surface area contributed by atoms with Gasteiger partial charge in [0.15, 0.2) is 0 Å². The minimum atomic E-state index is -0.687. The van der Waals surface area contributed by atoms with Crippen LogP contribution in [0, 0.1) is 10.8 Å². The minimum Gasteiger partial charge on any atom is -0.617 e. The lowest BCUT2D eigenvalue weighted by molar-refractivity contribution is 0.0911. The van der Waals surface area contributed by atoms with Gasteiger partial charge in [0.2, 0.25) is 0 Å². The molecule has 5 heteroatoms. The lowest BCUT2D eigenvalue weighted by atomic mass is 10.1. The highest BCUT2D eigenvalue weighted by molar-refractivity contribution is 7.90. The molecule has 1 atom stereocenters. The first kappa shape index (κ1) is 16.6. The predicted molar refractivity (Wildman–Crippen MR) is 84.5 cm³/mol. The molecule has 1 unspecified atom stereocenters. The maximum absolute atomic E-state index is 11.0. The summed E-state index contributed by atoms with van der Waals surface area (Å²) in [4.78, 5) is 0. The van der Waals surface area contributed by atoms with Gasteiger partial charge in [-0.2, -0.15) is 0 Å². The zero-order valence-corrected chi connectivity index (χ0v) is 13.8. The Morgan fingerprint density at radius 2 is 1.80 bits per heavy atom. The molecule has 2 saturated carbocycles. The second kappa shape index (κ2) is 7.45. The van der Waals surface area contributed by atoms with Crippen LogP contribution < -0.4 is 10.6 Å². The van der Waals surface area contributed by atoms with Crippen molar-refractivity contribution in [1.82, 2.24) is 10.6 Å². The number of hydrogen-bond acceptors (Lipinski definition) is 4. The Morgan fingerprint density at radius 1 is 1.10 bits per heavy atom. The predicted octanol–water partition coefficient (Wildman–Crippen LogP) is 1.14. The van der Waals surface area contributed by atoms with Crippen LogP contribution >= 0.6 is 0 Å². The molecule has 0 saturated heterocycles.